The van der Waals surface area contributed by atoms with E-state index in [0.717, 1.165) is 48.8 Å². The lowest BCUT2D eigenvalue weighted by molar-refractivity contribution is -0.129. The number of hydrogen-bond donors (Lipinski definition) is 5. The maximum atomic E-state index is 13.2. The Hall–Kier alpha value is -2.12. The van der Waals surface area contributed by atoms with Gasteiger partial charge in [0.1, 0.15) is 5.65 Å². The summed E-state index contributed by atoms with van der Waals surface area (Å²) in [6.07, 6.45) is 14.6. The Bertz CT molecular complexity index is 966. The van der Waals surface area contributed by atoms with E-state index < -0.39 is 5.60 Å². The van der Waals surface area contributed by atoms with Crippen molar-refractivity contribution in [2.45, 2.75) is 81.9 Å². The number of nitrogens with zero attached hydrogens (tertiary/aromatic N) is 1. The van der Waals surface area contributed by atoms with Crippen LogP contribution in [0.2, 0.25) is 0 Å². The molecule has 4 bridgehead atoms. The molecule has 0 saturated heterocycles. The van der Waals surface area contributed by atoms with Crippen LogP contribution in [0.5, 0.6) is 0 Å². The van der Waals surface area contributed by atoms with Crippen molar-refractivity contribution < 1.29 is 9.90 Å². The number of nitrogens with one attached hydrogen (secondary N) is 4. The summed E-state index contributed by atoms with van der Waals surface area (Å²) in [5.41, 5.74) is 8.00. The topological polar surface area (TPSA) is 102 Å². The maximum Gasteiger partial charge on any atom is 0.269 e. The van der Waals surface area contributed by atoms with Crippen LogP contribution >= 0.6 is 0 Å². The lowest BCUT2D eigenvalue weighted by Crippen LogP contribution is -2.59. The second kappa shape index (κ2) is 7.48. The van der Waals surface area contributed by atoms with Crippen molar-refractivity contribution in [3.05, 3.63) is 24.0 Å². The molecule has 7 nitrogen and oxygen atoms in total. The highest BCUT2D eigenvalue weighted by molar-refractivity contribution is 6.06. The van der Waals surface area contributed by atoms with E-state index in [2.05, 4.69) is 26.1 Å². The van der Waals surface area contributed by atoms with Gasteiger partial charge in [-0.15, -0.1) is 0 Å². The third-order valence-corrected chi connectivity index (χ3v) is 8.38. The summed E-state index contributed by atoms with van der Waals surface area (Å²) in [6.45, 7) is 0. The van der Waals surface area contributed by atoms with E-state index >= 15 is 0 Å². The van der Waals surface area contributed by atoms with Crippen molar-refractivity contribution in [2.24, 2.45) is 17.8 Å². The molecule has 0 aromatic carbocycles. The SMILES string of the molecule is O=C(NNC1CCCCC1)c1cnc2[nH]ccc2c1N[C@H]1[C@@H]2CC3C[C@H]1C[C@@](O)(C3)C2. The smallest absolute Gasteiger partial charge is 0.269 e. The average molecular weight is 424 g/mol. The molecule has 0 spiro atoms. The van der Waals surface area contributed by atoms with Crippen LogP contribution in [0.1, 0.15) is 74.6 Å². The summed E-state index contributed by atoms with van der Waals surface area (Å²) in [6, 6.07) is 2.65. The molecule has 1 amide bonds. The molecule has 5 atom stereocenters. The molecule has 2 heterocycles. The number of hydrogen-bond acceptors (Lipinski definition) is 5. The highest BCUT2D eigenvalue weighted by Gasteiger charge is 2.54. The lowest BCUT2D eigenvalue weighted by atomic mass is 9.52. The summed E-state index contributed by atoms with van der Waals surface area (Å²) in [5.74, 6) is 1.46. The number of aromatic nitrogens is 2. The Morgan fingerprint density at radius 3 is 2.65 bits per heavy atom. The number of anilines is 1. The van der Waals surface area contributed by atoms with Gasteiger partial charge in [-0.2, -0.15) is 0 Å². The van der Waals surface area contributed by atoms with Crippen molar-refractivity contribution in [1.82, 2.24) is 20.8 Å². The van der Waals surface area contributed by atoms with Crippen molar-refractivity contribution in [1.29, 1.82) is 0 Å². The quantitative estimate of drug-likeness (QED) is 0.474. The van der Waals surface area contributed by atoms with E-state index in [0.29, 0.717) is 35.4 Å². The summed E-state index contributed by atoms with van der Waals surface area (Å²) in [4.78, 5) is 20.8. The van der Waals surface area contributed by atoms with Gasteiger partial charge in [0.25, 0.3) is 5.91 Å². The molecule has 5 aliphatic rings. The van der Waals surface area contributed by atoms with Crippen LogP contribution in [0.15, 0.2) is 18.5 Å². The van der Waals surface area contributed by atoms with Gasteiger partial charge in [0.15, 0.2) is 0 Å². The molecule has 1 unspecified atom stereocenters. The zero-order valence-electron chi connectivity index (χ0n) is 18.0. The molecule has 2 aromatic heterocycles. The number of hydrazine groups is 1. The van der Waals surface area contributed by atoms with Crippen LogP contribution in [0.4, 0.5) is 5.69 Å². The summed E-state index contributed by atoms with van der Waals surface area (Å²) >= 11 is 0. The molecule has 7 rings (SSSR count). The molecule has 5 aliphatic carbocycles. The number of H-pyrrole nitrogens is 1. The first-order chi connectivity index (χ1) is 15.1. The molecule has 166 valence electrons. The Morgan fingerprint density at radius 2 is 1.90 bits per heavy atom. The Kier molecular flexibility index (Phi) is 4.72. The first kappa shape index (κ1) is 19.6. The molecule has 0 aliphatic heterocycles. The van der Waals surface area contributed by atoms with Crippen LogP contribution in [-0.2, 0) is 0 Å². The summed E-state index contributed by atoms with van der Waals surface area (Å²) in [7, 11) is 0. The van der Waals surface area contributed by atoms with Gasteiger partial charge in [-0.05, 0) is 68.8 Å². The third-order valence-electron chi connectivity index (χ3n) is 8.38. The minimum Gasteiger partial charge on any atom is -0.390 e. The van der Waals surface area contributed by atoms with Crippen LogP contribution in [0.25, 0.3) is 11.0 Å². The van der Waals surface area contributed by atoms with E-state index in [1.54, 1.807) is 6.20 Å². The number of carbonyl (C=O) groups is 1. The normalized spacial score (nSPS) is 34.9. The number of carbonyl (C=O) groups excluding carboxylic acids is 1. The van der Waals surface area contributed by atoms with Crippen molar-refractivity contribution in [2.75, 3.05) is 5.32 Å². The van der Waals surface area contributed by atoms with Crippen LogP contribution in [-0.4, -0.2) is 38.7 Å². The Labute approximate surface area is 182 Å². The minimum absolute atomic E-state index is 0.133. The highest BCUT2D eigenvalue weighted by atomic mass is 16.3. The number of amides is 1. The predicted octanol–water partition coefficient (Wildman–Crippen LogP) is 3.48. The Balaban J connectivity index is 1.26. The molecule has 7 heteroatoms. The fourth-order valence-corrected chi connectivity index (χ4v) is 7.20. The van der Waals surface area contributed by atoms with Crippen LogP contribution < -0.4 is 16.2 Å². The van der Waals surface area contributed by atoms with Crippen LogP contribution in [0.3, 0.4) is 0 Å². The van der Waals surface area contributed by atoms with E-state index in [1.165, 1.54) is 32.1 Å². The maximum absolute atomic E-state index is 13.2. The second-order valence-electron chi connectivity index (χ2n) is 10.6. The first-order valence-electron chi connectivity index (χ1n) is 12.1. The molecular formula is C24H33N5O2. The van der Waals surface area contributed by atoms with Gasteiger partial charge in [0.05, 0.1) is 16.9 Å². The lowest BCUT2D eigenvalue weighted by Gasteiger charge is -2.58. The molecule has 5 saturated carbocycles. The summed E-state index contributed by atoms with van der Waals surface area (Å²) < 4.78 is 0. The number of aliphatic hydroxyl groups is 1. The van der Waals surface area contributed by atoms with Gasteiger partial charge in [-0.3, -0.25) is 10.2 Å². The van der Waals surface area contributed by atoms with E-state index in [-0.39, 0.29) is 5.91 Å². The fourth-order valence-electron chi connectivity index (χ4n) is 7.20. The Morgan fingerprint density at radius 1 is 1.13 bits per heavy atom. The van der Waals surface area contributed by atoms with E-state index in [4.69, 9.17) is 0 Å². The van der Waals surface area contributed by atoms with Gasteiger partial charge in [-0.1, -0.05) is 19.3 Å². The molecular weight excluding hydrogens is 390 g/mol. The van der Waals surface area contributed by atoms with Gasteiger partial charge in [0.2, 0.25) is 0 Å². The van der Waals surface area contributed by atoms with Crippen LogP contribution in [0, 0.1) is 17.8 Å². The standard InChI is InChI=1S/C24H33N5O2/c30-23(29-28-17-4-2-1-3-5-17)19-13-26-22-18(6-7-25-22)21(19)27-20-15-8-14-9-16(20)12-24(31,10-14)11-15/h6-7,13-17,20,28,31H,1-5,8-12H2,(H,29,30)(H2,25,26,27)/t14?,15-,16+,20+,24-. The zero-order valence-corrected chi connectivity index (χ0v) is 18.0. The van der Waals surface area contributed by atoms with Gasteiger partial charge < -0.3 is 15.4 Å². The number of aromatic amines is 1. The van der Waals surface area contributed by atoms with Gasteiger partial charge >= 0.3 is 0 Å². The van der Waals surface area contributed by atoms with Crippen molar-refractivity contribution >= 4 is 22.6 Å². The fraction of sp³-hybridized carbons (Fsp3) is 0.667. The number of fused-ring (bicyclic) bond motifs is 1. The molecule has 5 N–H and O–H groups in total. The number of pyridine rings is 1. The monoisotopic (exact) mass is 423 g/mol. The van der Waals surface area contributed by atoms with E-state index in [9.17, 15) is 9.90 Å². The zero-order chi connectivity index (χ0) is 21.0. The first-order valence-corrected chi connectivity index (χ1v) is 12.1. The molecule has 5 fully saturated rings. The van der Waals surface area contributed by atoms with Crippen molar-refractivity contribution in [3.63, 3.8) is 0 Å². The molecule has 2 aromatic rings. The largest absolute Gasteiger partial charge is 0.390 e. The molecule has 31 heavy (non-hydrogen) atoms. The average Bonchev–Trinajstić information content (AvgIpc) is 3.23. The van der Waals surface area contributed by atoms with Gasteiger partial charge in [0, 0.05) is 29.9 Å². The molecule has 0 radical (unpaired) electrons. The predicted molar refractivity (Wildman–Crippen MR) is 119 cm³/mol. The van der Waals surface area contributed by atoms with Crippen molar-refractivity contribution in [3.8, 4) is 0 Å². The third kappa shape index (κ3) is 3.52. The number of rotatable bonds is 5. The second-order valence-corrected chi connectivity index (χ2v) is 10.6. The van der Waals surface area contributed by atoms with Gasteiger partial charge in [-0.25, -0.2) is 10.4 Å². The summed E-state index contributed by atoms with van der Waals surface area (Å²) in [5, 5.41) is 15.7. The van der Waals surface area contributed by atoms with E-state index in [1.807, 2.05) is 12.3 Å². The highest BCUT2D eigenvalue weighted by Crippen LogP contribution is 2.56. The minimum atomic E-state index is -0.458.